The zero-order valence-corrected chi connectivity index (χ0v) is 8.46. The summed E-state index contributed by atoms with van der Waals surface area (Å²) in [7, 11) is 0. The molecule has 0 saturated carbocycles. The van der Waals surface area contributed by atoms with Crippen molar-refractivity contribution in [1.29, 1.82) is 0 Å². The van der Waals surface area contributed by atoms with Crippen molar-refractivity contribution in [2.45, 2.75) is 12.1 Å². The molecule has 4 heteroatoms. The third-order valence-electron chi connectivity index (χ3n) is 2.36. The highest BCUT2D eigenvalue weighted by atomic mass is 35.5. The second-order valence-electron chi connectivity index (χ2n) is 3.49. The lowest BCUT2D eigenvalue weighted by Gasteiger charge is -2.16. The SMILES string of the molecule is OC1CNCC1Nc1cccc(Cl)c1. The zero-order chi connectivity index (χ0) is 9.97. The van der Waals surface area contributed by atoms with Crippen LogP contribution < -0.4 is 10.6 Å². The lowest BCUT2D eigenvalue weighted by molar-refractivity contribution is 0.185. The number of halogens is 1. The summed E-state index contributed by atoms with van der Waals surface area (Å²) in [5, 5.41) is 16.6. The molecule has 1 saturated heterocycles. The van der Waals surface area contributed by atoms with Gasteiger partial charge in [0.05, 0.1) is 12.1 Å². The second kappa shape index (κ2) is 4.17. The van der Waals surface area contributed by atoms with Crippen LogP contribution in [0.25, 0.3) is 0 Å². The van der Waals surface area contributed by atoms with Crippen molar-refractivity contribution >= 4 is 17.3 Å². The Labute approximate surface area is 88.1 Å². The standard InChI is InChI=1S/C10H13ClN2O/c11-7-2-1-3-8(4-7)13-9-5-12-6-10(9)14/h1-4,9-10,12-14H,5-6H2. The van der Waals surface area contributed by atoms with Gasteiger partial charge in [0, 0.05) is 23.8 Å². The van der Waals surface area contributed by atoms with E-state index in [-0.39, 0.29) is 12.1 Å². The molecule has 1 aromatic carbocycles. The molecule has 3 nitrogen and oxygen atoms in total. The molecule has 76 valence electrons. The first-order chi connectivity index (χ1) is 6.75. The molecule has 1 fully saturated rings. The summed E-state index contributed by atoms with van der Waals surface area (Å²) < 4.78 is 0. The molecule has 0 bridgehead atoms. The van der Waals surface area contributed by atoms with Gasteiger partial charge in [0.1, 0.15) is 0 Å². The van der Waals surface area contributed by atoms with Gasteiger partial charge in [-0.3, -0.25) is 0 Å². The molecular weight excluding hydrogens is 200 g/mol. The minimum atomic E-state index is -0.325. The fourth-order valence-corrected chi connectivity index (χ4v) is 1.79. The molecule has 2 unspecified atom stereocenters. The van der Waals surface area contributed by atoms with Crippen molar-refractivity contribution in [2.75, 3.05) is 18.4 Å². The van der Waals surface area contributed by atoms with Crippen LogP contribution in [-0.2, 0) is 0 Å². The van der Waals surface area contributed by atoms with E-state index in [4.69, 9.17) is 11.6 Å². The molecular formula is C10H13ClN2O. The molecule has 1 aromatic rings. The van der Waals surface area contributed by atoms with Gasteiger partial charge in [0.25, 0.3) is 0 Å². The average molecular weight is 213 g/mol. The van der Waals surface area contributed by atoms with E-state index in [2.05, 4.69) is 10.6 Å². The summed E-state index contributed by atoms with van der Waals surface area (Å²) in [4.78, 5) is 0. The fraction of sp³-hybridized carbons (Fsp3) is 0.400. The first-order valence-electron chi connectivity index (χ1n) is 4.66. The van der Waals surface area contributed by atoms with Crippen molar-refractivity contribution in [3.05, 3.63) is 29.3 Å². The van der Waals surface area contributed by atoms with Gasteiger partial charge in [0.15, 0.2) is 0 Å². The summed E-state index contributed by atoms with van der Waals surface area (Å²) in [6.45, 7) is 1.44. The lowest BCUT2D eigenvalue weighted by atomic mass is 10.2. The van der Waals surface area contributed by atoms with Crippen molar-refractivity contribution in [2.24, 2.45) is 0 Å². The second-order valence-corrected chi connectivity index (χ2v) is 3.92. The number of rotatable bonds is 2. The number of hydrogen-bond donors (Lipinski definition) is 3. The number of aliphatic hydroxyl groups is 1. The number of anilines is 1. The monoisotopic (exact) mass is 212 g/mol. The van der Waals surface area contributed by atoms with E-state index in [1.165, 1.54) is 0 Å². The van der Waals surface area contributed by atoms with Gasteiger partial charge in [-0.25, -0.2) is 0 Å². The Morgan fingerprint density at radius 2 is 2.29 bits per heavy atom. The quantitative estimate of drug-likeness (QED) is 0.688. The third kappa shape index (κ3) is 2.18. The van der Waals surface area contributed by atoms with E-state index in [1.54, 1.807) is 0 Å². The lowest BCUT2D eigenvalue weighted by Crippen LogP contribution is -2.31. The fourth-order valence-electron chi connectivity index (χ4n) is 1.60. The minimum Gasteiger partial charge on any atom is -0.390 e. The van der Waals surface area contributed by atoms with Crippen molar-refractivity contribution in [3.8, 4) is 0 Å². The van der Waals surface area contributed by atoms with Gasteiger partial charge in [-0.1, -0.05) is 17.7 Å². The first kappa shape index (κ1) is 9.77. The van der Waals surface area contributed by atoms with Crippen molar-refractivity contribution in [3.63, 3.8) is 0 Å². The van der Waals surface area contributed by atoms with Gasteiger partial charge in [-0.15, -0.1) is 0 Å². The average Bonchev–Trinajstić information content (AvgIpc) is 2.52. The number of benzene rings is 1. The Morgan fingerprint density at radius 3 is 2.93 bits per heavy atom. The van der Waals surface area contributed by atoms with Crippen molar-refractivity contribution < 1.29 is 5.11 Å². The molecule has 1 heterocycles. The summed E-state index contributed by atoms with van der Waals surface area (Å²) in [6, 6.07) is 7.59. The van der Waals surface area contributed by atoms with Crippen LogP contribution in [0.2, 0.25) is 5.02 Å². The molecule has 0 spiro atoms. The van der Waals surface area contributed by atoms with Gasteiger partial charge in [0.2, 0.25) is 0 Å². The van der Waals surface area contributed by atoms with Crippen molar-refractivity contribution in [1.82, 2.24) is 5.32 Å². The third-order valence-corrected chi connectivity index (χ3v) is 2.59. The Hall–Kier alpha value is -0.770. The molecule has 0 aromatic heterocycles. The van der Waals surface area contributed by atoms with Crippen LogP contribution in [0.5, 0.6) is 0 Å². The van der Waals surface area contributed by atoms with Gasteiger partial charge < -0.3 is 15.7 Å². The van der Waals surface area contributed by atoms with Gasteiger partial charge in [-0.05, 0) is 18.2 Å². The summed E-state index contributed by atoms with van der Waals surface area (Å²) >= 11 is 5.85. The summed E-state index contributed by atoms with van der Waals surface area (Å²) in [5.74, 6) is 0. The molecule has 0 aliphatic carbocycles. The molecule has 0 radical (unpaired) electrons. The Balaban J connectivity index is 2.03. The predicted octanol–water partition coefficient (Wildman–Crippen LogP) is 1.08. The van der Waals surface area contributed by atoms with E-state index < -0.39 is 0 Å². The number of aliphatic hydroxyl groups excluding tert-OH is 1. The summed E-state index contributed by atoms with van der Waals surface area (Å²) in [5.41, 5.74) is 0.949. The highest BCUT2D eigenvalue weighted by molar-refractivity contribution is 6.30. The van der Waals surface area contributed by atoms with Crippen LogP contribution in [0.1, 0.15) is 0 Å². The molecule has 14 heavy (non-hydrogen) atoms. The Kier molecular flexibility index (Phi) is 2.91. The topological polar surface area (TPSA) is 44.3 Å². The Bertz CT molecular complexity index is 319. The van der Waals surface area contributed by atoms with E-state index in [1.807, 2.05) is 24.3 Å². The summed E-state index contributed by atoms with van der Waals surface area (Å²) in [6.07, 6.45) is -0.325. The molecule has 2 atom stereocenters. The number of β-amino-alcohol motifs (C(OH)–C–C–N with tert-alkyl or cyclic N) is 1. The minimum absolute atomic E-state index is 0.0773. The van der Waals surface area contributed by atoms with E-state index in [0.717, 1.165) is 12.2 Å². The number of hydrogen-bond acceptors (Lipinski definition) is 3. The highest BCUT2D eigenvalue weighted by Crippen LogP contribution is 2.17. The smallest absolute Gasteiger partial charge is 0.0877 e. The molecule has 2 rings (SSSR count). The van der Waals surface area contributed by atoms with Crippen LogP contribution in [0.15, 0.2) is 24.3 Å². The predicted molar refractivity (Wildman–Crippen MR) is 57.7 cm³/mol. The van der Waals surface area contributed by atoms with Crippen LogP contribution in [-0.4, -0.2) is 30.3 Å². The van der Waals surface area contributed by atoms with Crippen LogP contribution >= 0.6 is 11.6 Å². The van der Waals surface area contributed by atoms with Gasteiger partial charge in [-0.2, -0.15) is 0 Å². The highest BCUT2D eigenvalue weighted by Gasteiger charge is 2.24. The number of nitrogens with one attached hydrogen (secondary N) is 2. The molecule has 1 aliphatic rings. The molecule has 1 aliphatic heterocycles. The van der Waals surface area contributed by atoms with Crippen LogP contribution in [0, 0.1) is 0 Å². The largest absolute Gasteiger partial charge is 0.390 e. The molecule has 3 N–H and O–H groups in total. The maximum atomic E-state index is 9.56. The van der Waals surface area contributed by atoms with Crippen LogP contribution in [0.3, 0.4) is 0 Å². The van der Waals surface area contributed by atoms with Crippen LogP contribution in [0.4, 0.5) is 5.69 Å². The Morgan fingerprint density at radius 1 is 1.43 bits per heavy atom. The van der Waals surface area contributed by atoms with E-state index >= 15 is 0 Å². The zero-order valence-electron chi connectivity index (χ0n) is 7.70. The maximum Gasteiger partial charge on any atom is 0.0877 e. The normalized spacial score (nSPS) is 26.4. The van der Waals surface area contributed by atoms with Gasteiger partial charge >= 0.3 is 0 Å². The first-order valence-corrected chi connectivity index (χ1v) is 5.04. The van der Waals surface area contributed by atoms with E-state index in [0.29, 0.717) is 11.6 Å². The van der Waals surface area contributed by atoms with E-state index in [9.17, 15) is 5.11 Å². The molecule has 0 amide bonds. The maximum absolute atomic E-state index is 9.56.